The van der Waals surface area contributed by atoms with Crippen LogP contribution in [0.3, 0.4) is 0 Å². The number of ether oxygens (including phenoxy) is 1. The zero-order valence-electron chi connectivity index (χ0n) is 18.7. The van der Waals surface area contributed by atoms with Crippen LogP contribution in [0.4, 0.5) is 0 Å². The molecule has 1 aliphatic rings. The number of amides is 1. The van der Waals surface area contributed by atoms with Gasteiger partial charge in [-0.3, -0.25) is 9.59 Å². The quantitative estimate of drug-likeness (QED) is 0.354. The Bertz CT molecular complexity index is 999. The number of hydrogen-bond donors (Lipinski definition) is 2. The molecule has 1 saturated heterocycles. The van der Waals surface area contributed by atoms with Crippen LogP contribution in [-0.2, 0) is 9.59 Å². The molecule has 3 rings (SSSR count). The zero-order chi connectivity index (χ0) is 23.3. The second kappa shape index (κ2) is 10.3. The number of carbonyl (C=O) groups is 2. The van der Waals surface area contributed by atoms with E-state index in [0.717, 1.165) is 25.2 Å². The highest BCUT2D eigenvalue weighted by Crippen LogP contribution is 2.41. The fourth-order valence-electron chi connectivity index (χ4n) is 4.08. The van der Waals surface area contributed by atoms with E-state index in [0.29, 0.717) is 18.7 Å². The van der Waals surface area contributed by atoms with Crippen LogP contribution in [-0.4, -0.2) is 65.0 Å². The molecule has 1 unspecified atom stereocenters. The zero-order valence-corrected chi connectivity index (χ0v) is 18.7. The third-order valence-corrected chi connectivity index (χ3v) is 5.88. The highest BCUT2D eigenvalue weighted by molar-refractivity contribution is 6.46. The molecule has 1 heterocycles. The Morgan fingerprint density at radius 1 is 1.09 bits per heavy atom. The second-order valence-corrected chi connectivity index (χ2v) is 7.67. The monoisotopic (exact) mass is 438 g/mol. The number of ketones is 1. The van der Waals surface area contributed by atoms with Gasteiger partial charge in [0.2, 0.25) is 0 Å². The third kappa shape index (κ3) is 4.62. The molecule has 1 amide bonds. The number of methoxy groups -OCH3 is 1. The van der Waals surface area contributed by atoms with Gasteiger partial charge in [0.15, 0.2) is 0 Å². The molecule has 2 aromatic rings. The molecule has 2 N–H and O–H groups in total. The van der Waals surface area contributed by atoms with Gasteiger partial charge in [0.05, 0.1) is 24.3 Å². The lowest BCUT2D eigenvalue weighted by atomic mass is 9.95. The number of hydrogen-bond acceptors (Lipinski definition) is 6. The van der Waals surface area contributed by atoms with Crippen LogP contribution in [0.25, 0.3) is 5.76 Å². The predicted octanol–water partition coefficient (Wildman–Crippen LogP) is 3.55. The summed E-state index contributed by atoms with van der Waals surface area (Å²) in [6, 6.07) is 12.8. The summed E-state index contributed by atoms with van der Waals surface area (Å²) < 4.78 is 5.09. The number of carbonyl (C=O) groups excluding carboxylic acids is 2. The summed E-state index contributed by atoms with van der Waals surface area (Å²) in [5.74, 6) is -1.62. The minimum absolute atomic E-state index is 0.0236. The number of benzene rings is 2. The van der Waals surface area contributed by atoms with Crippen molar-refractivity contribution in [3.8, 4) is 11.5 Å². The molecule has 0 spiro atoms. The Kier molecular flexibility index (Phi) is 7.53. The first-order chi connectivity index (χ1) is 15.4. The first-order valence-corrected chi connectivity index (χ1v) is 10.9. The maximum atomic E-state index is 13.0. The van der Waals surface area contributed by atoms with Crippen LogP contribution in [0.1, 0.15) is 37.4 Å². The summed E-state index contributed by atoms with van der Waals surface area (Å²) in [4.78, 5) is 29.8. The Morgan fingerprint density at radius 2 is 1.78 bits per heavy atom. The van der Waals surface area contributed by atoms with Crippen molar-refractivity contribution in [2.24, 2.45) is 0 Å². The fourth-order valence-corrected chi connectivity index (χ4v) is 4.08. The van der Waals surface area contributed by atoms with Gasteiger partial charge < -0.3 is 24.7 Å². The van der Waals surface area contributed by atoms with Crippen LogP contribution >= 0.6 is 0 Å². The highest BCUT2D eigenvalue weighted by Gasteiger charge is 2.46. The number of likely N-dealkylation sites (tertiary alicyclic amines) is 1. The third-order valence-electron chi connectivity index (χ3n) is 5.88. The Labute approximate surface area is 188 Å². The van der Waals surface area contributed by atoms with Crippen LogP contribution < -0.4 is 4.74 Å². The summed E-state index contributed by atoms with van der Waals surface area (Å²) in [7, 11) is 1.47. The smallest absolute Gasteiger partial charge is 0.295 e. The first kappa shape index (κ1) is 23.3. The highest BCUT2D eigenvalue weighted by atomic mass is 16.5. The summed E-state index contributed by atoms with van der Waals surface area (Å²) in [5.41, 5.74) is 0.779. The van der Waals surface area contributed by atoms with E-state index < -0.39 is 23.5 Å². The normalized spacial score (nSPS) is 17.9. The average Bonchev–Trinajstić information content (AvgIpc) is 3.06. The molecule has 0 aliphatic carbocycles. The van der Waals surface area contributed by atoms with E-state index in [2.05, 4.69) is 18.7 Å². The van der Waals surface area contributed by atoms with Crippen molar-refractivity contribution in [1.29, 1.82) is 0 Å². The lowest BCUT2D eigenvalue weighted by Crippen LogP contribution is -2.33. The van der Waals surface area contributed by atoms with Crippen LogP contribution in [0, 0.1) is 0 Å². The maximum absolute atomic E-state index is 13.0. The lowest BCUT2D eigenvalue weighted by molar-refractivity contribution is -0.140. The van der Waals surface area contributed by atoms with Crippen molar-refractivity contribution < 1.29 is 24.5 Å². The Hall–Kier alpha value is -3.32. The fraction of sp³-hybridized carbons (Fsp3) is 0.360. The SMILES string of the molecule is CCN(CC)CCCN1C(=O)C(=O)C(=C(O)c2ccc(OC)cc2O)C1c1ccccc1. The van der Waals surface area contributed by atoms with Gasteiger partial charge in [-0.25, -0.2) is 0 Å². The molecule has 1 atom stereocenters. The van der Waals surface area contributed by atoms with Gasteiger partial charge in [-0.1, -0.05) is 44.2 Å². The standard InChI is InChI=1S/C25H30N2O5/c1-4-26(5-2)14-9-15-27-22(17-10-7-6-8-11-17)21(24(30)25(27)31)23(29)19-13-12-18(32-3)16-20(19)28/h6-8,10-13,16,22,28-29H,4-5,9,14-15H2,1-3H3. The second-order valence-electron chi connectivity index (χ2n) is 7.67. The molecule has 0 radical (unpaired) electrons. The lowest BCUT2D eigenvalue weighted by Gasteiger charge is -2.26. The van der Waals surface area contributed by atoms with E-state index in [1.54, 1.807) is 6.07 Å². The largest absolute Gasteiger partial charge is 0.507 e. The van der Waals surface area contributed by atoms with Crippen LogP contribution in [0.15, 0.2) is 54.1 Å². The van der Waals surface area contributed by atoms with E-state index >= 15 is 0 Å². The number of aliphatic hydroxyl groups is 1. The number of phenolic OH excluding ortho intramolecular Hbond substituents is 1. The molecule has 1 fully saturated rings. The minimum Gasteiger partial charge on any atom is -0.507 e. The first-order valence-electron chi connectivity index (χ1n) is 10.9. The Morgan fingerprint density at radius 3 is 2.38 bits per heavy atom. The van der Waals surface area contributed by atoms with E-state index in [1.165, 1.54) is 24.1 Å². The average molecular weight is 439 g/mol. The molecular formula is C25H30N2O5. The molecular weight excluding hydrogens is 408 g/mol. The van der Waals surface area contributed by atoms with E-state index in [-0.39, 0.29) is 16.9 Å². The molecule has 7 heteroatoms. The number of phenols is 1. The molecule has 1 aliphatic heterocycles. The van der Waals surface area contributed by atoms with Crippen LogP contribution in [0.5, 0.6) is 11.5 Å². The minimum atomic E-state index is -0.755. The van der Waals surface area contributed by atoms with Gasteiger partial charge >= 0.3 is 0 Å². The van der Waals surface area contributed by atoms with Gasteiger partial charge in [-0.2, -0.15) is 0 Å². The number of Topliss-reactive ketones (excluding diaryl/α,β-unsaturated/α-hetero) is 1. The van der Waals surface area contributed by atoms with E-state index in [1.807, 2.05) is 30.3 Å². The van der Waals surface area contributed by atoms with Crippen molar-refractivity contribution in [3.63, 3.8) is 0 Å². The molecule has 32 heavy (non-hydrogen) atoms. The summed E-state index contributed by atoms with van der Waals surface area (Å²) in [6.07, 6.45) is 0.700. The number of aliphatic hydroxyl groups excluding tert-OH is 1. The maximum Gasteiger partial charge on any atom is 0.295 e. The number of aromatic hydroxyl groups is 1. The van der Waals surface area contributed by atoms with Gasteiger partial charge in [0.1, 0.15) is 17.3 Å². The number of nitrogens with zero attached hydrogens (tertiary/aromatic N) is 2. The molecule has 0 bridgehead atoms. The van der Waals surface area contributed by atoms with Crippen molar-refractivity contribution >= 4 is 17.4 Å². The summed E-state index contributed by atoms with van der Waals surface area (Å²) in [5, 5.41) is 21.5. The van der Waals surface area contributed by atoms with Crippen molar-refractivity contribution in [3.05, 3.63) is 65.2 Å². The van der Waals surface area contributed by atoms with Crippen molar-refractivity contribution in [1.82, 2.24) is 9.80 Å². The van der Waals surface area contributed by atoms with Gasteiger partial charge in [0, 0.05) is 12.6 Å². The van der Waals surface area contributed by atoms with Crippen molar-refractivity contribution in [2.75, 3.05) is 33.3 Å². The molecule has 0 saturated carbocycles. The molecule has 0 aromatic heterocycles. The van der Waals surface area contributed by atoms with Crippen molar-refractivity contribution in [2.45, 2.75) is 26.3 Å². The van der Waals surface area contributed by atoms with Gasteiger partial charge in [-0.05, 0) is 43.8 Å². The summed E-state index contributed by atoms with van der Waals surface area (Å²) in [6.45, 7) is 7.17. The topological polar surface area (TPSA) is 90.3 Å². The van der Waals surface area contributed by atoms with Gasteiger partial charge in [-0.15, -0.1) is 0 Å². The molecule has 170 valence electrons. The van der Waals surface area contributed by atoms with E-state index in [9.17, 15) is 19.8 Å². The number of rotatable bonds is 9. The molecule has 2 aromatic carbocycles. The van der Waals surface area contributed by atoms with Gasteiger partial charge in [0.25, 0.3) is 11.7 Å². The van der Waals surface area contributed by atoms with E-state index in [4.69, 9.17) is 4.74 Å². The predicted molar refractivity (Wildman–Crippen MR) is 123 cm³/mol. The van der Waals surface area contributed by atoms with Crippen LogP contribution in [0.2, 0.25) is 0 Å². The molecule has 7 nitrogen and oxygen atoms in total. The Balaban J connectivity index is 2.03. The summed E-state index contributed by atoms with van der Waals surface area (Å²) >= 11 is 0.